The predicted octanol–water partition coefficient (Wildman–Crippen LogP) is 1.25. The number of rotatable bonds is 4. The fourth-order valence-corrected chi connectivity index (χ4v) is 3.28. The molecule has 2 N–H and O–H groups in total. The quantitative estimate of drug-likeness (QED) is 0.834. The Labute approximate surface area is 99.1 Å². The van der Waals surface area contributed by atoms with Crippen molar-refractivity contribution in [2.24, 2.45) is 0 Å². The fourth-order valence-electron chi connectivity index (χ4n) is 1.59. The van der Waals surface area contributed by atoms with Gasteiger partial charge >= 0.3 is 0 Å². The summed E-state index contributed by atoms with van der Waals surface area (Å²) in [5, 5.41) is 10.3. The van der Waals surface area contributed by atoms with E-state index >= 15 is 0 Å². The molecule has 1 aliphatic heterocycles. The van der Waals surface area contributed by atoms with E-state index in [9.17, 15) is 0 Å². The largest absolute Gasteiger partial charge is 0.311 e. The van der Waals surface area contributed by atoms with E-state index in [4.69, 9.17) is 0 Å². The summed E-state index contributed by atoms with van der Waals surface area (Å²) in [4.78, 5) is 4.42. The van der Waals surface area contributed by atoms with Gasteiger partial charge in [-0.1, -0.05) is 0 Å². The molecule has 84 valence electrons. The Kier molecular flexibility index (Phi) is 4.43. The van der Waals surface area contributed by atoms with Crippen molar-refractivity contribution >= 4 is 23.1 Å². The van der Waals surface area contributed by atoms with Crippen LogP contribution in [-0.2, 0) is 6.54 Å². The number of hydrogen-bond acceptors (Lipinski definition) is 5. The number of nitrogens with zero attached hydrogens (tertiary/aromatic N) is 1. The zero-order valence-electron chi connectivity index (χ0n) is 8.95. The van der Waals surface area contributed by atoms with Crippen molar-refractivity contribution in [1.29, 1.82) is 0 Å². The van der Waals surface area contributed by atoms with Gasteiger partial charge in [-0.3, -0.25) is 0 Å². The van der Waals surface area contributed by atoms with E-state index in [0.717, 1.165) is 25.3 Å². The van der Waals surface area contributed by atoms with Crippen molar-refractivity contribution < 1.29 is 0 Å². The second-order valence-corrected chi connectivity index (χ2v) is 5.83. The monoisotopic (exact) mass is 243 g/mol. The Hall–Kier alpha value is -0.100. The highest BCUT2D eigenvalue weighted by Crippen LogP contribution is 2.09. The van der Waals surface area contributed by atoms with E-state index in [-0.39, 0.29) is 0 Å². The minimum Gasteiger partial charge on any atom is -0.311 e. The van der Waals surface area contributed by atoms with Crippen LogP contribution < -0.4 is 10.6 Å². The van der Waals surface area contributed by atoms with E-state index in [0.29, 0.717) is 6.04 Å². The molecule has 15 heavy (non-hydrogen) atoms. The standard InChI is InChI=1S/C10H17N3S2/c1-8-6-15-10(13-8)5-11-4-9-7-14-3-2-12-9/h6,9,11-12H,2-5,7H2,1H3. The Morgan fingerprint density at radius 3 is 3.27 bits per heavy atom. The molecule has 3 nitrogen and oxygen atoms in total. The van der Waals surface area contributed by atoms with Gasteiger partial charge in [-0.25, -0.2) is 4.98 Å². The van der Waals surface area contributed by atoms with Crippen LogP contribution in [0, 0.1) is 6.92 Å². The predicted molar refractivity (Wildman–Crippen MR) is 67.7 cm³/mol. The van der Waals surface area contributed by atoms with Crippen LogP contribution in [0.3, 0.4) is 0 Å². The number of thiazole rings is 1. The van der Waals surface area contributed by atoms with Crippen molar-refractivity contribution in [3.8, 4) is 0 Å². The van der Waals surface area contributed by atoms with Gasteiger partial charge in [0.15, 0.2) is 0 Å². The normalized spacial score (nSPS) is 21.8. The molecular weight excluding hydrogens is 226 g/mol. The van der Waals surface area contributed by atoms with Gasteiger partial charge in [-0.2, -0.15) is 11.8 Å². The smallest absolute Gasteiger partial charge is 0.107 e. The van der Waals surface area contributed by atoms with Gasteiger partial charge < -0.3 is 10.6 Å². The first-order valence-corrected chi connectivity index (χ1v) is 7.31. The van der Waals surface area contributed by atoms with Gasteiger partial charge in [-0.05, 0) is 6.92 Å². The first-order chi connectivity index (χ1) is 7.34. The number of aromatic nitrogens is 1. The highest BCUT2D eigenvalue weighted by molar-refractivity contribution is 7.99. The zero-order valence-corrected chi connectivity index (χ0v) is 10.6. The second-order valence-electron chi connectivity index (χ2n) is 3.74. The lowest BCUT2D eigenvalue weighted by atomic mass is 10.3. The van der Waals surface area contributed by atoms with Crippen molar-refractivity contribution in [3.05, 3.63) is 16.1 Å². The van der Waals surface area contributed by atoms with Gasteiger partial charge in [0.2, 0.25) is 0 Å². The number of hydrogen-bond donors (Lipinski definition) is 2. The summed E-state index contributed by atoms with van der Waals surface area (Å²) in [6, 6.07) is 0.629. The summed E-state index contributed by atoms with van der Waals surface area (Å²) in [5.41, 5.74) is 1.13. The first-order valence-electron chi connectivity index (χ1n) is 5.27. The van der Waals surface area contributed by atoms with Crippen molar-refractivity contribution in [2.75, 3.05) is 24.6 Å². The Morgan fingerprint density at radius 1 is 1.67 bits per heavy atom. The van der Waals surface area contributed by atoms with Gasteiger partial charge in [0.25, 0.3) is 0 Å². The van der Waals surface area contributed by atoms with E-state index in [1.807, 2.05) is 18.7 Å². The highest BCUT2D eigenvalue weighted by Gasteiger charge is 2.11. The molecule has 0 saturated carbocycles. The number of aryl methyl sites for hydroxylation is 1. The van der Waals surface area contributed by atoms with Gasteiger partial charge in [0, 0.05) is 48.3 Å². The van der Waals surface area contributed by atoms with Gasteiger partial charge in [0.05, 0.1) is 0 Å². The lowest BCUT2D eigenvalue weighted by Gasteiger charge is -2.23. The van der Waals surface area contributed by atoms with Crippen LogP contribution in [0.2, 0.25) is 0 Å². The van der Waals surface area contributed by atoms with E-state index in [1.165, 1.54) is 16.5 Å². The molecule has 5 heteroatoms. The molecule has 0 aromatic carbocycles. The highest BCUT2D eigenvalue weighted by atomic mass is 32.2. The van der Waals surface area contributed by atoms with E-state index in [1.54, 1.807) is 11.3 Å². The first kappa shape index (κ1) is 11.4. The minimum absolute atomic E-state index is 0.629. The van der Waals surface area contributed by atoms with Crippen molar-refractivity contribution in [2.45, 2.75) is 19.5 Å². The minimum atomic E-state index is 0.629. The van der Waals surface area contributed by atoms with Crippen LogP contribution in [0.1, 0.15) is 10.7 Å². The molecule has 0 amide bonds. The maximum atomic E-state index is 4.42. The average Bonchev–Trinajstić information content (AvgIpc) is 2.66. The topological polar surface area (TPSA) is 37.0 Å². The van der Waals surface area contributed by atoms with Crippen LogP contribution in [0.4, 0.5) is 0 Å². The van der Waals surface area contributed by atoms with Crippen LogP contribution in [-0.4, -0.2) is 35.6 Å². The lowest BCUT2D eigenvalue weighted by Crippen LogP contribution is -2.44. The maximum absolute atomic E-state index is 4.42. The lowest BCUT2D eigenvalue weighted by molar-refractivity contribution is 0.513. The second kappa shape index (κ2) is 5.84. The summed E-state index contributed by atoms with van der Waals surface area (Å²) in [6.45, 7) is 5.14. The third-order valence-corrected chi connectivity index (χ3v) is 4.43. The molecule has 0 aliphatic carbocycles. The molecular formula is C10H17N3S2. The van der Waals surface area contributed by atoms with Crippen LogP contribution in [0.15, 0.2) is 5.38 Å². The molecule has 0 bridgehead atoms. The third kappa shape index (κ3) is 3.75. The SMILES string of the molecule is Cc1csc(CNCC2CSCCN2)n1. The Bertz CT molecular complexity index is 295. The fraction of sp³-hybridized carbons (Fsp3) is 0.700. The van der Waals surface area contributed by atoms with Gasteiger partial charge in [0.1, 0.15) is 5.01 Å². The molecule has 0 spiro atoms. The summed E-state index contributed by atoms with van der Waals surface area (Å²) >= 11 is 3.77. The Morgan fingerprint density at radius 2 is 2.60 bits per heavy atom. The molecule has 1 atom stereocenters. The molecule has 1 aliphatic rings. The van der Waals surface area contributed by atoms with Crippen LogP contribution in [0.5, 0.6) is 0 Å². The summed E-state index contributed by atoms with van der Waals surface area (Å²) in [6.07, 6.45) is 0. The van der Waals surface area contributed by atoms with Gasteiger partial charge in [-0.15, -0.1) is 11.3 Å². The molecule has 2 rings (SSSR count). The molecule has 1 unspecified atom stereocenters. The Balaban J connectivity index is 1.65. The summed E-state index contributed by atoms with van der Waals surface area (Å²) in [7, 11) is 0. The summed E-state index contributed by atoms with van der Waals surface area (Å²) in [5.74, 6) is 2.48. The van der Waals surface area contributed by atoms with Crippen molar-refractivity contribution in [3.63, 3.8) is 0 Å². The average molecular weight is 243 g/mol. The number of nitrogens with one attached hydrogen (secondary N) is 2. The third-order valence-electron chi connectivity index (χ3n) is 2.33. The van der Waals surface area contributed by atoms with E-state index in [2.05, 4.69) is 21.0 Å². The van der Waals surface area contributed by atoms with Crippen LogP contribution in [0.25, 0.3) is 0 Å². The molecule has 1 saturated heterocycles. The number of thioether (sulfide) groups is 1. The summed E-state index contributed by atoms with van der Waals surface area (Å²) < 4.78 is 0. The van der Waals surface area contributed by atoms with Crippen LogP contribution >= 0.6 is 23.1 Å². The molecule has 2 heterocycles. The van der Waals surface area contributed by atoms with Crippen molar-refractivity contribution in [1.82, 2.24) is 15.6 Å². The molecule has 1 fully saturated rings. The molecule has 1 aromatic rings. The molecule has 1 aromatic heterocycles. The van der Waals surface area contributed by atoms with E-state index < -0.39 is 0 Å². The molecule has 0 radical (unpaired) electrons. The zero-order chi connectivity index (χ0) is 10.5. The maximum Gasteiger partial charge on any atom is 0.107 e.